The van der Waals surface area contributed by atoms with Crippen molar-refractivity contribution in [2.75, 3.05) is 4.90 Å². The standard InChI is InChI=1S/C24H23N5O/c1-14-9-16(5-7-19(14)17-11-27-28(2)12-17)23-22(15-3-4-15)24(30)29(23)18-6-8-20-21(10-18)26-13-25-20/h5-13,15,22-23H,3-4H2,1-2H3,(H,25,26). The summed E-state index contributed by atoms with van der Waals surface area (Å²) in [5.74, 6) is 0.848. The maximum absolute atomic E-state index is 13.2. The largest absolute Gasteiger partial charge is 0.345 e. The maximum atomic E-state index is 13.2. The van der Waals surface area contributed by atoms with Gasteiger partial charge >= 0.3 is 0 Å². The molecule has 1 saturated heterocycles. The Morgan fingerprint density at radius 2 is 2.00 bits per heavy atom. The molecule has 0 spiro atoms. The quantitative estimate of drug-likeness (QED) is 0.520. The van der Waals surface area contributed by atoms with Gasteiger partial charge < -0.3 is 9.88 Å². The molecule has 150 valence electrons. The van der Waals surface area contributed by atoms with Gasteiger partial charge in [-0.05, 0) is 60.6 Å². The molecule has 1 amide bonds. The zero-order valence-corrected chi connectivity index (χ0v) is 17.0. The number of H-pyrrole nitrogens is 1. The Labute approximate surface area is 174 Å². The number of carbonyl (C=O) groups is 1. The fraction of sp³-hybridized carbons (Fsp3) is 0.292. The number of rotatable bonds is 4. The molecule has 2 aromatic heterocycles. The molecule has 2 aliphatic rings. The van der Waals surface area contributed by atoms with Crippen molar-refractivity contribution in [3.63, 3.8) is 0 Å². The third kappa shape index (κ3) is 2.60. The minimum atomic E-state index is 0.0861. The SMILES string of the molecule is Cc1cc(C2C(C3CC3)C(=O)N2c2ccc3[nH]cnc3c2)ccc1-c1cnn(C)c1. The summed E-state index contributed by atoms with van der Waals surface area (Å²) >= 11 is 0. The molecule has 6 rings (SSSR count). The van der Waals surface area contributed by atoms with E-state index in [2.05, 4.69) is 40.2 Å². The number of aryl methyl sites for hydroxylation is 2. The predicted octanol–water partition coefficient (Wildman–Crippen LogP) is 4.39. The molecule has 1 N–H and O–H groups in total. The smallest absolute Gasteiger partial charge is 0.233 e. The molecular formula is C24H23N5O. The number of imidazole rings is 1. The molecule has 1 aliphatic carbocycles. The van der Waals surface area contributed by atoms with Gasteiger partial charge in [0.1, 0.15) is 0 Å². The molecule has 0 bridgehead atoms. The van der Waals surface area contributed by atoms with Gasteiger partial charge in [0.05, 0.1) is 35.5 Å². The molecule has 6 heteroatoms. The van der Waals surface area contributed by atoms with Crippen LogP contribution >= 0.6 is 0 Å². The highest BCUT2D eigenvalue weighted by molar-refractivity contribution is 6.04. The number of nitrogens with zero attached hydrogens (tertiary/aromatic N) is 4. The summed E-state index contributed by atoms with van der Waals surface area (Å²) in [6.45, 7) is 2.14. The average molecular weight is 397 g/mol. The first-order valence-electron chi connectivity index (χ1n) is 10.5. The van der Waals surface area contributed by atoms with Gasteiger partial charge in [-0.2, -0.15) is 5.10 Å². The van der Waals surface area contributed by atoms with Crippen LogP contribution in [-0.4, -0.2) is 25.7 Å². The van der Waals surface area contributed by atoms with Crippen LogP contribution < -0.4 is 4.90 Å². The number of amides is 1. The number of aromatic nitrogens is 4. The number of aromatic amines is 1. The number of anilines is 1. The molecule has 6 nitrogen and oxygen atoms in total. The molecule has 30 heavy (non-hydrogen) atoms. The van der Waals surface area contributed by atoms with E-state index in [1.807, 2.05) is 47.2 Å². The van der Waals surface area contributed by atoms with Crippen LogP contribution in [-0.2, 0) is 11.8 Å². The van der Waals surface area contributed by atoms with E-state index >= 15 is 0 Å². The monoisotopic (exact) mass is 397 g/mol. The molecule has 3 heterocycles. The van der Waals surface area contributed by atoms with E-state index in [9.17, 15) is 4.79 Å². The van der Waals surface area contributed by atoms with Crippen LogP contribution in [0.25, 0.3) is 22.2 Å². The summed E-state index contributed by atoms with van der Waals surface area (Å²) in [6, 6.07) is 12.7. The molecule has 2 aromatic carbocycles. The van der Waals surface area contributed by atoms with Crippen molar-refractivity contribution in [1.82, 2.24) is 19.7 Å². The van der Waals surface area contributed by atoms with E-state index in [-0.39, 0.29) is 17.9 Å². The van der Waals surface area contributed by atoms with E-state index in [0.29, 0.717) is 5.92 Å². The first-order chi connectivity index (χ1) is 14.6. The number of carbonyl (C=O) groups excluding carboxylic acids is 1. The van der Waals surface area contributed by atoms with Crippen LogP contribution in [0.3, 0.4) is 0 Å². The zero-order chi connectivity index (χ0) is 20.4. The van der Waals surface area contributed by atoms with Gasteiger partial charge in [0.15, 0.2) is 0 Å². The van der Waals surface area contributed by atoms with Gasteiger partial charge in [-0.15, -0.1) is 0 Å². The Kier molecular flexibility index (Phi) is 3.66. The van der Waals surface area contributed by atoms with Crippen LogP contribution in [0.1, 0.15) is 30.0 Å². The van der Waals surface area contributed by atoms with Gasteiger partial charge in [-0.1, -0.05) is 18.2 Å². The highest BCUT2D eigenvalue weighted by Gasteiger charge is 2.55. The Morgan fingerprint density at radius 3 is 2.73 bits per heavy atom. The number of β-lactam (4-membered cyclic amide) rings is 1. The van der Waals surface area contributed by atoms with Gasteiger partial charge in [-0.3, -0.25) is 9.48 Å². The molecule has 4 aromatic rings. The summed E-state index contributed by atoms with van der Waals surface area (Å²) in [5.41, 5.74) is 7.51. The third-order valence-corrected chi connectivity index (χ3v) is 6.56. The minimum absolute atomic E-state index is 0.0861. The van der Waals surface area contributed by atoms with Crippen molar-refractivity contribution in [3.8, 4) is 11.1 Å². The Bertz CT molecular complexity index is 1280. The van der Waals surface area contributed by atoms with E-state index in [0.717, 1.165) is 35.1 Å². The van der Waals surface area contributed by atoms with Gasteiger partial charge in [-0.25, -0.2) is 4.98 Å². The summed E-state index contributed by atoms with van der Waals surface area (Å²) < 4.78 is 1.82. The Hall–Kier alpha value is -3.41. The third-order valence-electron chi connectivity index (χ3n) is 6.56. The lowest BCUT2D eigenvalue weighted by Gasteiger charge is -2.48. The first-order valence-corrected chi connectivity index (χ1v) is 10.5. The minimum Gasteiger partial charge on any atom is -0.345 e. The summed E-state index contributed by atoms with van der Waals surface area (Å²) in [5, 5.41) is 4.30. The number of fused-ring (bicyclic) bond motifs is 1. The summed E-state index contributed by atoms with van der Waals surface area (Å²) in [6.07, 6.45) is 7.94. The van der Waals surface area contributed by atoms with Crippen molar-refractivity contribution in [3.05, 3.63) is 66.2 Å². The van der Waals surface area contributed by atoms with Gasteiger partial charge in [0, 0.05) is 24.5 Å². The van der Waals surface area contributed by atoms with Crippen LogP contribution in [0, 0.1) is 18.8 Å². The molecule has 2 fully saturated rings. The van der Waals surface area contributed by atoms with Crippen LogP contribution in [0.15, 0.2) is 55.1 Å². The lowest BCUT2D eigenvalue weighted by Crippen LogP contribution is -2.56. The zero-order valence-electron chi connectivity index (χ0n) is 17.0. The van der Waals surface area contributed by atoms with E-state index in [1.54, 1.807) is 6.33 Å². The van der Waals surface area contributed by atoms with E-state index in [1.165, 1.54) is 16.7 Å². The number of nitrogens with one attached hydrogen (secondary N) is 1. The highest BCUT2D eigenvalue weighted by atomic mass is 16.2. The second kappa shape index (κ2) is 6.29. The number of benzene rings is 2. The fourth-order valence-electron chi connectivity index (χ4n) is 4.90. The van der Waals surface area contributed by atoms with Crippen LogP contribution in [0.2, 0.25) is 0 Å². The van der Waals surface area contributed by atoms with Crippen LogP contribution in [0.5, 0.6) is 0 Å². The predicted molar refractivity (Wildman–Crippen MR) is 116 cm³/mol. The van der Waals surface area contributed by atoms with Crippen molar-refractivity contribution >= 4 is 22.6 Å². The molecule has 2 unspecified atom stereocenters. The average Bonchev–Trinajstić information content (AvgIpc) is 3.26. The molecular weight excluding hydrogens is 374 g/mol. The van der Waals surface area contributed by atoms with Crippen molar-refractivity contribution in [2.24, 2.45) is 18.9 Å². The molecule has 1 saturated carbocycles. The van der Waals surface area contributed by atoms with Gasteiger partial charge in [0.2, 0.25) is 5.91 Å². The number of hydrogen-bond acceptors (Lipinski definition) is 3. The van der Waals surface area contributed by atoms with Crippen molar-refractivity contribution < 1.29 is 4.79 Å². The Balaban J connectivity index is 1.40. The van der Waals surface area contributed by atoms with Gasteiger partial charge in [0.25, 0.3) is 0 Å². The first kappa shape index (κ1) is 17.4. The maximum Gasteiger partial charge on any atom is 0.233 e. The summed E-state index contributed by atoms with van der Waals surface area (Å²) in [7, 11) is 1.93. The summed E-state index contributed by atoms with van der Waals surface area (Å²) in [4.78, 5) is 22.6. The number of hydrogen-bond donors (Lipinski definition) is 1. The normalized spacial score (nSPS) is 21.3. The van der Waals surface area contributed by atoms with Crippen molar-refractivity contribution in [1.29, 1.82) is 0 Å². The van der Waals surface area contributed by atoms with Crippen molar-refractivity contribution in [2.45, 2.75) is 25.8 Å². The molecule has 0 radical (unpaired) electrons. The Morgan fingerprint density at radius 1 is 1.13 bits per heavy atom. The lowest BCUT2D eigenvalue weighted by atomic mass is 9.78. The fourth-order valence-corrected chi connectivity index (χ4v) is 4.90. The second-order valence-electron chi connectivity index (χ2n) is 8.60. The topological polar surface area (TPSA) is 66.8 Å². The van der Waals surface area contributed by atoms with E-state index < -0.39 is 0 Å². The second-order valence-corrected chi connectivity index (χ2v) is 8.60. The lowest BCUT2D eigenvalue weighted by molar-refractivity contribution is -0.131. The molecule has 2 atom stereocenters. The molecule has 1 aliphatic heterocycles. The van der Waals surface area contributed by atoms with E-state index in [4.69, 9.17) is 0 Å². The highest BCUT2D eigenvalue weighted by Crippen LogP contribution is 2.54. The van der Waals surface area contributed by atoms with Crippen LogP contribution in [0.4, 0.5) is 5.69 Å².